The van der Waals surface area contributed by atoms with E-state index in [1.807, 2.05) is 54.6 Å². The standard InChI is InChI=1S/C38H43F3O5Si/c1-37(2,3)47(4,5)46-30(19-14-25-10-9-13-29(22-25)38(39,40)41)20-21-31-32-23-35(42)44-34(32)24-33(31)45-36(43)28-17-15-27(16-18-28)26-11-7-6-8-12-26/h6-13,15-18,20-22,30-34H,14,19,23-24H2,1-5H3/b21-20+/t30-,31+,32+,33+,34-/m0/s1. The number of aryl methyl sites for hydroxylation is 1. The number of hydrogen-bond acceptors (Lipinski definition) is 5. The molecule has 5 rings (SSSR count). The van der Waals surface area contributed by atoms with Gasteiger partial charge in [-0.25, -0.2) is 4.79 Å². The van der Waals surface area contributed by atoms with Gasteiger partial charge in [-0.15, -0.1) is 0 Å². The molecule has 2 fully saturated rings. The summed E-state index contributed by atoms with van der Waals surface area (Å²) in [6.07, 6.45) is -0.218. The maximum atomic E-state index is 13.4. The number of carbonyl (C=O) groups is 2. The molecule has 5 atom stereocenters. The Morgan fingerprint density at radius 1 is 0.979 bits per heavy atom. The van der Waals surface area contributed by atoms with Gasteiger partial charge in [0, 0.05) is 18.3 Å². The lowest BCUT2D eigenvalue weighted by Crippen LogP contribution is -2.43. The Hall–Kier alpha value is -3.69. The van der Waals surface area contributed by atoms with E-state index in [0.29, 0.717) is 30.4 Å². The van der Waals surface area contributed by atoms with Gasteiger partial charge in [0.1, 0.15) is 12.2 Å². The molecule has 0 radical (unpaired) electrons. The van der Waals surface area contributed by atoms with E-state index in [1.54, 1.807) is 18.2 Å². The molecule has 0 bridgehead atoms. The summed E-state index contributed by atoms with van der Waals surface area (Å²) in [7, 11) is -2.27. The number of alkyl halides is 3. The van der Waals surface area contributed by atoms with Gasteiger partial charge in [-0.3, -0.25) is 4.79 Å². The molecule has 5 nitrogen and oxygen atoms in total. The Morgan fingerprint density at radius 3 is 2.32 bits per heavy atom. The molecule has 3 aromatic rings. The molecular weight excluding hydrogens is 621 g/mol. The van der Waals surface area contributed by atoms with Crippen LogP contribution in [0.15, 0.2) is 91.0 Å². The third-order valence-corrected chi connectivity index (χ3v) is 14.3. The van der Waals surface area contributed by atoms with Gasteiger partial charge in [-0.2, -0.15) is 13.2 Å². The lowest BCUT2D eigenvalue weighted by molar-refractivity contribution is -0.142. The molecule has 1 saturated carbocycles. The van der Waals surface area contributed by atoms with Gasteiger partial charge in [-0.1, -0.05) is 93.6 Å². The van der Waals surface area contributed by atoms with E-state index in [0.717, 1.165) is 17.2 Å². The average Bonchev–Trinajstić information content (AvgIpc) is 3.53. The minimum absolute atomic E-state index is 0.0897. The van der Waals surface area contributed by atoms with Crippen LogP contribution in [-0.4, -0.2) is 38.6 Å². The zero-order valence-corrected chi connectivity index (χ0v) is 28.6. The molecule has 0 spiro atoms. The quantitative estimate of drug-likeness (QED) is 0.123. The maximum Gasteiger partial charge on any atom is 0.416 e. The second kappa shape index (κ2) is 13.8. The van der Waals surface area contributed by atoms with Crippen molar-refractivity contribution < 1.29 is 36.7 Å². The smallest absolute Gasteiger partial charge is 0.416 e. The zero-order valence-electron chi connectivity index (χ0n) is 27.6. The molecule has 1 aliphatic heterocycles. The van der Waals surface area contributed by atoms with Crippen LogP contribution in [-0.2, 0) is 31.3 Å². The molecule has 1 heterocycles. The third kappa shape index (κ3) is 8.43. The first-order chi connectivity index (χ1) is 22.1. The Bertz CT molecular complexity index is 1580. The number of fused-ring (bicyclic) bond motifs is 1. The fourth-order valence-electron chi connectivity index (χ4n) is 6.14. The van der Waals surface area contributed by atoms with Crippen LogP contribution in [0.1, 0.15) is 61.5 Å². The first-order valence-corrected chi connectivity index (χ1v) is 19.1. The van der Waals surface area contributed by atoms with Crippen molar-refractivity contribution in [1.29, 1.82) is 0 Å². The number of rotatable bonds is 10. The van der Waals surface area contributed by atoms with E-state index in [-0.39, 0.29) is 41.5 Å². The second-order valence-electron chi connectivity index (χ2n) is 14.1. The third-order valence-electron chi connectivity index (χ3n) is 9.81. The van der Waals surface area contributed by atoms with Gasteiger partial charge >= 0.3 is 18.1 Å². The predicted molar refractivity (Wildman–Crippen MR) is 178 cm³/mol. The second-order valence-corrected chi connectivity index (χ2v) is 18.9. The zero-order chi connectivity index (χ0) is 34.0. The van der Waals surface area contributed by atoms with Crippen molar-refractivity contribution in [3.63, 3.8) is 0 Å². The van der Waals surface area contributed by atoms with Gasteiger partial charge in [-0.05, 0) is 65.9 Å². The van der Waals surface area contributed by atoms with E-state index in [9.17, 15) is 22.8 Å². The molecule has 2 aliphatic rings. The Labute approximate surface area is 276 Å². The van der Waals surface area contributed by atoms with Crippen molar-refractivity contribution in [2.45, 2.75) is 89.1 Å². The Balaban J connectivity index is 1.35. The van der Waals surface area contributed by atoms with Crippen LogP contribution in [0.5, 0.6) is 0 Å². The van der Waals surface area contributed by atoms with Crippen LogP contribution in [0.25, 0.3) is 11.1 Å². The number of benzene rings is 3. The average molecular weight is 665 g/mol. The molecule has 0 amide bonds. The molecule has 9 heteroatoms. The minimum Gasteiger partial charge on any atom is -0.462 e. The number of halogens is 3. The SMILES string of the molecule is CC(C)(C)[Si](C)(C)O[C@H](/C=C/[C@@H]1[C@H]2CC(=O)O[C@H]2C[C@H]1OC(=O)c1ccc(-c2ccccc2)cc1)CCc1cccc(C(F)(F)F)c1. The van der Waals surface area contributed by atoms with Crippen molar-refractivity contribution in [1.82, 2.24) is 0 Å². The normalized spacial score (nSPS) is 22.3. The first-order valence-electron chi connectivity index (χ1n) is 16.2. The fourth-order valence-corrected chi connectivity index (χ4v) is 7.45. The largest absolute Gasteiger partial charge is 0.462 e. The van der Waals surface area contributed by atoms with Crippen LogP contribution in [0, 0.1) is 11.8 Å². The van der Waals surface area contributed by atoms with E-state index < -0.39 is 32.1 Å². The topological polar surface area (TPSA) is 61.8 Å². The molecule has 47 heavy (non-hydrogen) atoms. The van der Waals surface area contributed by atoms with Gasteiger partial charge in [0.15, 0.2) is 8.32 Å². The summed E-state index contributed by atoms with van der Waals surface area (Å²) in [4.78, 5) is 25.6. The summed E-state index contributed by atoms with van der Waals surface area (Å²) in [6, 6.07) is 22.6. The minimum atomic E-state index is -4.41. The highest BCUT2D eigenvalue weighted by molar-refractivity contribution is 6.74. The van der Waals surface area contributed by atoms with Crippen LogP contribution >= 0.6 is 0 Å². The number of hydrogen-bond donors (Lipinski definition) is 0. The molecule has 0 unspecified atom stereocenters. The monoisotopic (exact) mass is 664 g/mol. The highest BCUT2D eigenvalue weighted by Gasteiger charge is 2.51. The molecule has 3 aromatic carbocycles. The molecule has 0 N–H and O–H groups in total. The highest BCUT2D eigenvalue weighted by atomic mass is 28.4. The molecule has 1 aliphatic carbocycles. The van der Waals surface area contributed by atoms with Crippen LogP contribution in [0.4, 0.5) is 13.2 Å². The summed E-state index contributed by atoms with van der Waals surface area (Å²) in [5.74, 6) is -1.14. The first kappa shape index (κ1) is 34.6. The number of carbonyl (C=O) groups excluding carboxylic acids is 2. The molecular formula is C38H43F3O5Si. The van der Waals surface area contributed by atoms with E-state index in [4.69, 9.17) is 13.9 Å². The molecule has 1 saturated heterocycles. The van der Waals surface area contributed by atoms with Crippen LogP contribution < -0.4 is 0 Å². The summed E-state index contributed by atoms with van der Waals surface area (Å²) < 4.78 is 58.5. The summed E-state index contributed by atoms with van der Waals surface area (Å²) in [5, 5.41) is -0.0897. The molecule has 250 valence electrons. The van der Waals surface area contributed by atoms with Crippen LogP contribution in [0.2, 0.25) is 18.1 Å². The number of esters is 2. The highest BCUT2D eigenvalue weighted by Crippen LogP contribution is 2.44. The lowest BCUT2D eigenvalue weighted by Gasteiger charge is -2.39. The van der Waals surface area contributed by atoms with Crippen molar-refractivity contribution in [2.75, 3.05) is 0 Å². The van der Waals surface area contributed by atoms with Crippen molar-refractivity contribution >= 4 is 20.3 Å². The van der Waals surface area contributed by atoms with Crippen molar-refractivity contribution in [3.05, 3.63) is 108 Å². The maximum absolute atomic E-state index is 13.4. The van der Waals surface area contributed by atoms with E-state index in [2.05, 4.69) is 33.9 Å². The van der Waals surface area contributed by atoms with E-state index >= 15 is 0 Å². The number of ether oxygens (including phenoxy) is 2. The molecule has 0 aromatic heterocycles. The Kier molecular flexibility index (Phi) is 10.2. The van der Waals surface area contributed by atoms with E-state index in [1.165, 1.54) is 12.1 Å². The summed E-state index contributed by atoms with van der Waals surface area (Å²) in [5.41, 5.74) is 2.38. The van der Waals surface area contributed by atoms with Gasteiger partial charge in [0.25, 0.3) is 0 Å². The summed E-state index contributed by atoms with van der Waals surface area (Å²) in [6.45, 7) is 10.7. The predicted octanol–water partition coefficient (Wildman–Crippen LogP) is 9.43. The van der Waals surface area contributed by atoms with Crippen molar-refractivity contribution in [2.24, 2.45) is 11.8 Å². The van der Waals surface area contributed by atoms with Gasteiger partial charge in [0.05, 0.1) is 23.7 Å². The fraction of sp³-hybridized carbons (Fsp3) is 0.421. The van der Waals surface area contributed by atoms with Gasteiger partial charge in [0.2, 0.25) is 0 Å². The Morgan fingerprint density at radius 2 is 1.66 bits per heavy atom. The lowest BCUT2D eigenvalue weighted by atomic mass is 9.91. The van der Waals surface area contributed by atoms with Crippen LogP contribution in [0.3, 0.4) is 0 Å². The van der Waals surface area contributed by atoms with Gasteiger partial charge < -0.3 is 13.9 Å². The van der Waals surface area contributed by atoms with Crippen molar-refractivity contribution in [3.8, 4) is 11.1 Å². The summed E-state index contributed by atoms with van der Waals surface area (Å²) >= 11 is 0.